The highest BCUT2D eigenvalue weighted by Gasteiger charge is 2.41. The Kier molecular flexibility index (Phi) is 2.74. The van der Waals surface area contributed by atoms with E-state index in [2.05, 4.69) is 29.5 Å². The van der Waals surface area contributed by atoms with Gasteiger partial charge in [0.25, 0.3) is 0 Å². The van der Waals surface area contributed by atoms with Crippen molar-refractivity contribution in [1.82, 2.24) is 0 Å². The van der Waals surface area contributed by atoms with E-state index in [0.717, 1.165) is 23.5 Å². The van der Waals surface area contributed by atoms with E-state index in [9.17, 15) is 0 Å². The molecule has 2 fully saturated rings. The molecule has 0 spiro atoms. The van der Waals surface area contributed by atoms with Crippen LogP contribution in [-0.2, 0) is 0 Å². The summed E-state index contributed by atoms with van der Waals surface area (Å²) in [6.07, 6.45) is 7.58. The van der Waals surface area contributed by atoms with Gasteiger partial charge in [0.1, 0.15) is 0 Å². The molecule has 2 heteroatoms. The molecule has 0 aromatic carbocycles. The van der Waals surface area contributed by atoms with Gasteiger partial charge in [0.2, 0.25) is 0 Å². The highest BCUT2D eigenvalue weighted by molar-refractivity contribution is 6.35. The Balaban J connectivity index is 2.08. The van der Waals surface area contributed by atoms with Gasteiger partial charge in [-0.25, -0.2) is 0 Å². The minimum absolute atomic E-state index is 0.660. The van der Waals surface area contributed by atoms with E-state index < -0.39 is 0 Å². The molecule has 0 aromatic rings. The molecule has 0 saturated heterocycles. The maximum atomic E-state index is 2.53. The molecule has 0 radical (unpaired) electrons. The Labute approximate surface area is 91.0 Å². The zero-order valence-corrected chi connectivity index (χ0v) is 10.3. The van der Waals surface area contributed by atoms with Crippen molar-refractivity contribution in [3.8, 4) is 0 Å². The molecule has 2 rings (SSSR count). The van der Waals surface area contributed by atoms with Crippen LogP contribution in [0.4, 0.5) is 0 Å². The molecule has 0 N–H and O–H groups in total. The largest absolute Gasteiger partial charge is 0.0963 e. The first-order chi connectivity index (χ1) is 6.49. The van der Waals surface area contributed by atoms with Gasteiger partial charge in [-0.15, -0.1) is 0 Å². The highest BCUT2D eigenvalue weighted by Crippen LogP contribution is 2.53. The molecule has 0 nitrogen and oxygen atoms in total. The van der Waals surface area contributed by atoms with Crippen molar-refractivity contribution in [2.45, 2.75) is 51.7 Å². The molecule has 2 aliphatic carbocycles. The van der Waals surface area contributed by atoms with Gasteiger partial charge in [-0.1, -0.05) is 19.6 Å². The van der Waals surface area contributed by atoms with E-state index in [-0.39, 0.29) is 0 Å². The first-order valence-corrected chi connectivity index (χ1v) is 6.49. The molecule has 2 unspecified atom stereocenters. The van der Waals surface area contributed by atoms with Crippen molar-refractivity contribution >= 4 is 15.7 Å². The number of fused-ring (bicyclic) bond motifs is 2. The number of hydrogen-bond acceptors (Lipinski definition) is 0. The molecule has 14 heavy (non-hydrogen) atoms. The van der Waals surface area contributed by atoms with Gasteiger partial charge < -0.3 is 0 Å². The van der Waals surface area contributed by atoms with Crippen molar-refractivity contribution in [1.29, 1.82) is 0 Å². The summed E-state index contributed by atoms with van der Waals surface area (Å²) in [4.78, 5) is 0. The highest BCUT2D eigenvalue weighted by atomic mass is 14.5. The molecular formula is C12H24B2. The lowest BCUT2D eigenvalue weighted by Gasteiger charge is -2.49. The van der Waals surface area contributed by atoms with Crippen molar-refractivity contribution < 1.29 is 0 Å². The van der Waals surface area contributed by atoms with E-state index in [0.29, 0.717) is 5.41 Å². The van der Waals surface area contributed by atoms with Crippen LogP contribution in [0.15, 0.2) is 0 Å². The third-order valence-electron chi connectivity index (χ3n) is 5.04. The number of hydrogen-bond donors (Lipinski definition) is 0. The lowest BCUT2D eigenvalue weighted by atomic mass is 9.47. The van der Waals surface area contributed by atoms with Crippen molar-refractivity contribution in [3.05, 3.63) is 0 Å². The fraction of sp³-hybridized carbons (Fsp3) is 1.00. The zero-order valence-electron chi connectivity index (χ0n) is 10.3. The van der Waals surface area contributed by atoms with Gasteiger partial charge in [0, 0.05) is 0 Å². The Hall–Kier alpha value is 0.130. The van der Waals surface area contributed by atoms with Crippen molar-refractivity contribution in [2.24, 2.45) is 23.2 Å². The van der Waals surface area contributed by atoms with E-state index >= 15 is 0 Å². The standard InChI is InChI=1S/C12H24B2/c1-8-3-9-5-10(4-8)7-12(2,6-9)11(13)14/h8-11H,3-7,13-14H2,1-2H3. The maximum absolute atomic E-state index is 2.53. The van der Waals surface area contributed by atoms with Crippen LogP contribution in [0.2, 0.25) is 5.72 Å². The SMILES string of the molecule is BC(B)C1(C)CC2CC(C)CC(C2)C1. The van der Waals surface area contributed by atoms with Crippen LogP contribution in [0.3, 0.4) is 0 Å². The first-order valence-electron chi connectivity index (χ1n) is 6.49. The molecule has 0 aromatic heterocycles. The van der Waals surface area contributed by atoms with Gasteiger partial charge in [-0.3, -0.25) is 0 Å². The van der Waals surface area contributed by atoms with Crippen molar-refractivity contribution in [2.75, 3.05) is 0 Å². The third kappa shape index (κ3) is 1.90. The summed E-state index contributed by atoms with van der Waals surface area (Å²) in [6, 6.07) is 0. The van der Waals surface area contributed by atoms with Crippen LogP contribution in [0.25, 0.3) is 0 Å². The smallest absolute Gasteiger partial charge is 0.0907 e. The normalized spacial score (nSPS) is 48.1. The van der Waals surface area contributed by atoms with Gasteiger partial charge in [0.05, 0.1) is 15.7 Å². The van der Waals surface area contributed by atoms with E-state index in [1.54, 1.807) is 6.42 Å². The molecule has 2 aliphatic rings. The minimum atomic E-state index is 0.660. The van der Waals surface area contributed by atoms with Crippen LogP contribution in [0.1, 0.15) is 46.0 Å². The Bertz CT molecular complexity index is 194. The number of rotatable bonds is 1. The third-order valence-corrected chi connectivity index (χ3v) is 5.04. The van der Waals surface area contributed by atoms with Crippen LogP contribution in [0.5, 0.6) is 0 Å². The summed E-state index contributed by atoms with van der Waals surface area (Å²) in [5, 5.41) is 0. The maximum Gasteiger partial charge on any atom is 0.0963 e. The molecule has 78 valence electrons. The molecule has 2 bridgehead atoms. The lowest BCUT2D eigenvalue weighted by Crippen LogP contribution is -2.38. The summed E-state index contributed by atoms with van der Waals surface area (Å²) in [6.45, 7) is 4.99. The summed E-state index contributed by atoms with van der Waals surface area (Å²) in [5.41, 5.74) is 1.54. The average molecular weight is 190 g/mol. The van der Waals surface area contributed by atoms with Crippen molar-refractivity contribution in [3.63, 3.8) is 0 Å². The van der Waals surface area contributed by atoms with Gasteiger partial charge >= 0.3 is 0 Å². The predicted molar refractivity (Wildman–Crippen MR) is 68.2 cm³/mol. The second kappa shape index (κ2) is 3.61. The van der Waals surface area contributed by atoms with Crippen LogP contribution < -0.4 is 0 Å². The van der Waals surface area contributed by atoms with Gasteiger partial charge in [-0.2, -0.15) is 0 Å². The van der Waals surface area contributed by atoms with E-state index in [4.69, 9.17) is 0 Å². The second-order valence-corrected chi connectivity index (χ2v) is 6.76. The predicted octanol–water partition coefficient (Wildman–Crippen LogP) is 1.85. The molecular weight excluding hydrogens is 166 g/mol. The fourth-order valence-electron chi connectivity index (χ4n) is 4.11. The molecule has 0 aliphatic heterocycles. The average Bonchev–Trinajstić information content (AvgIpc) is 2.00. The van der Waals surface area contributed by atoms with Crippen LogP contribution in [0, 0.1) is 23.2 Å². The minimum Gasteiger partial charge on any atom is -0.0907 e. The monoisotopic (exact) mass is 190 g/mol. The van der Waals surface area contributed by atoms with Crippen LogP contribution in [-0.4, -0.2) is 15.7 Å². The molecule has 2 atom stereocenters. The second-order valence-electron chi connectivity index (χ2n) is 6.76. The summed E-state index contributed by atoms with van der Waals surface area (Å²) in [7, 11) is 4.84. The summed E-state index contributed by atoms with van der Waals surface area (Å²) < 4.78 is 0. The Morgan fingerprint density at radius 1 is 1.07 bits per heavy atom. The lowest BCUT2D eigenvalue weighted by molar-refractivity contribution is 0.0534. The quantitative estimate of drug-likeness (QED) is 0.553. The zero-order chi connectivity index (χ0) is 10.3. The first kappa shape index (κ1) is 10.6. The fourth-order valence-corrected chi connectivity index (χ4v) is 4.11. The summed E-state index contributed by atoms with van der Waals surface area (Å²) >= 11 is 0. The van der Waals surface area contributed by atoms with E-state index in [1.165, 1.54) is 25.7 Å². The van der Waals surface area contributed by atoms with Crippen LogP contribution >= 0.6 is 0 Å². The Morgan fingerprint density at radius 2 is 1.57 bits per heavy atom. The molecule has 0 amide bonds. The van der Waals surface area contributed by atoms with Gasteiger partial charge in [-0.05, 0) is 55.3 Å². The summed E-state index contributed by atoms with van der Waals surface area (Å²) in [5.74, 6) is 3.13. The Morgan fingerprint density at radius 3 is 2.00 bits per heavy atom. The molecule has 0 heterocycles. The topological polar surface area (TPSA) is 0 Å². The van der Waals surface area contributed by atoms with Gasteiger partial charge in [0.15, 0.2) is 0 Å². The molecule has 2 saturated carbocycles. The van der Waals surface area contributed by atoms with E-state index in [1.807, 2.05) is 0 Å².